The fourth-order valence-electron chi connectivity index (χ4n) is 2.13. The molecule has 2 N–H and O–H groups in total. The van der Waals surface area contributed by atoms with Crippen molar-refractivity contribution in [3.05, 3.63) is 0 Å². The summed E-state index contributed by atoms with van der Waals surface area (Å²) in [5, 5.41) is -0.0726. The Balaban J connectivity index is 2.29. The number of methoxy groups -OCH3 is 1. The van der Waals surface area contributed by atoms with Gasteiger partial charge in [-0.3, -0.25) is 4.79 Å². The molecule has 1 unspecified atom stereocenters. The zero-order chi connectivity index (χ0) is 11.4. The summed E-state index contributed by atoms with van der Waals surface area (Å²) in [6.07, 6.45) is 0. The molecule has 15 heavy (non-hydrogen) atoms. The first-order valence-electron chi connectivity index (χ1n) is 4.73. The number of rotatable bonds is 1. The molecule has 6 heteroatoms. The highest BCUT2D eigenvalue weighted by Gasteiger charge is 2.62. The van der Waals surface area contributed by atoms with Gasteiger partial charge in [-0.25, -0.2) is 4.79 Å². The molecular weight excluding hydrogens is 216 g/mol. The quantitative estimate of drug-likeness (QED) is 0.488. The third kappa shape index (κ3) is 1.28. The molecule has 2 rings (SSSR count). The summed E-state index contributed by atoms with van der Waals surface area (Å²) in [4.78, 5) is 24.7. The van der Waals surface area contributed by atoms with Crippen LogP contribution in [0.15, 0.2) is 0 Å². The van der Waals surface area contributed by atoms with Gasteiger partial charge in [0, 0.05) is 4.75 Å². The van der Waals surface area contributed by atoms with Crippen molar-refractivity contribution in [1.82, 2.24) is 4.90 Å². The van der Waals surface area contributed by atoms with E-state index in [9.17, 15) is 9.59 Å². The van der Waals surface area contributed by atoms with Crippen LogP contribution < -0.4 is 5.73 Å². The Morgan fingerprint density at radius 2 is 2.20 bits per heavy atom. The molecule has 0 aliphatic carbocycles. The number of carbonyl (C=O) groups excluding carboxylic acids is 2. The summed E-state index contributed by atoms with van der Waals surface area (Å²) in [6.45, 7) is 3.86. The van der Waals surface area contributed by atoms with Gasteiger partial charge >= 0.3 is 5.97 Å². The number of hydrogen-bond acceptors (Lipinski definition) is 5. The minimum Gasteiger partial charge on any atom is -0.467 e. The van der Waals surface area contributed by atoms with Crippen molar-refractivity contribution in [3.8, 4) is 0 Å². The zero-order valence-corrected chi connectivity index (χ0v) is 9.71. The van der Waals surface area contributed by atoms with Gasteiger partial charge in [-0.1, -0.05) is 0 Å². The molecule has 0 aromatic carbocycles. The predicted molar refractivity (Wildman–Crippen MR) is 56.1 cm³/mol. The van der Waals surface area contributed by atoms with Crippen LogP contribution >= 0.6 is 11.8 Å². The molecule has 0 aromatic rings. The lowest BCUT2D eigenvalue weighted by Crippen LogP contribution is -2.68. The van der Waals surface area contributed by atoms with Crippen LogP contribution in [0, 0.1) is 0 Å². The van der Waals surface area contributed by atoms with E-state index in [-0.39, 0.29) is 22.0 Å². The maximum Gasteiger partial charge on any atom is 0.330 e. The molecule has 84 valence electrons. The fraction of sp³-hybridized carbons (Fsp3) is 0.778. The number of thioether (sulfide) groups is 1. The number of amides is 1. The van der Waals surface area contributed by atoms with E-state index < -0.39 is 12.1 Å². The molecule has 2 saturated heterocycles. The lowest BCUT2D eigenvalue weighted by atomic mass is 9.96. The number of esters is 1. The molecule has 2 aliphatic rings. The highest BCUT2D eigenvalue weighted by atomic mass is 32.2. The molecular formula is C9H14N2O3S. The largest absolute Gasteiger partial charge is 0.467 e. The Hall–Kier alpha value is -0.750. The van der Waals surface area contributed by atoms with Gasteiger partial charge in [-0.05, 0) is 13.8 Å². The van der Waals surface area contributed by atoms with Crippen molar-refractivity contribution in [1.29, 1.82) is 0 Å². The Bertz CT molecular complexity index is 331. The summed E-state index contributed by atoms with van der Waals surface area (Å²) in [7, 11) is 1.33. The number of nitrogens with zero attached hydrogens (tertiary/aromatic N) is 1. The van der Waals surface area contributed by atoms with Crippen LogP contribution in [0.4, 0.5) is 0 Å². The molecule has 0 saturated carbocycles. The van der Waals surface area contributed by atoms with Gasteiger partial charge in [0.15, 0.2) is 0 Å². The van der Waals surface area contributed by atoms with Crippen LogP contribution in [-0.4, -0.2) is 46.1 Å². The van der Waals surface area contributed by atoms with Crippen molar-refractivity contribution in [2.75, 3.05) is 7.11 Å². The highest BCUT2D eigenvalue weighted by molar-refractivity contribution is 8.01. The zero-order valence-electron chi connectivity index (χ0n) is 8.89. The molecule has 2 fully saturated rings. The third-order valence-corrected chi connectivity index (χ3v) is 4.50. The Morgan fingerprint density at radius 3 is 2.73 bits per heavy atom. The second-order valence-corrected chi connectivity index (χ2v) is 6.08. The minimum atomic E-state index is -0.509. The predicted octanol–water partition coefficient (Wildman–Crippen LogP) is -0.451. The van der Waals surface area contributed by atoms with E-state index in [4.69, 9.17) is 10.5 Å². The van der Waals surface area contributed by atoms with Crippen LogP contribution in [0.1, 0.15) is 13.8 Å². The average molecular weight is 230 g/mol. The van der Waals surface area contributed by atoms with Crippen molar-refractivity contribution < 1.29 is 14.3 Å². The number of ether oxygens (including phenoxy) is 1. The fourth-order valence-corrected chi connectivity index (χ4v) is 3.70. The van der Waals surface area contributed by atoms with Crippen molar-refractivity contribution in [2.45, 2.75) is 36.1 Å². The van der Waals surface area contributed by atoms with Crippen LogP contribution in [0.5, 0.6) is 0 Å². The van der Waals surface area contributed by atoms with Gasteiger partial charge in [0.1, 0.15) is 17.5 Å². The van der Waals surface area contributed by atoms with Crippen molar-refractivity contribution in [2.24, 2.45) is 5.73 Å². The average Bonchev–Trinajstić information content (AvgIpc) is 2.45. The van der Waals surface area contributed by atoms with Gasteiger partial charge in [-0.2, -0.15) is 0 Å². The van der Waals surface area contributed by atoms with E-state index in [1.165, 1.54) is 7.11 Å². The van der Waals surface area contributed by atoms with E-state index in [0.29, 0.717) is 0 Å². The van der Waals surface area contributed by atoms with Gasteiger partial charge < -0.3 is 15.4 Å². The van der Waals surface area contributed by atoms with E-state index in [0.717, 1.165) is 0 Å². The van der Waals surface area contributed by atoms with E-state index in [1.807, 2.05) is 13.8 Å². The molecule has 0 aromatic heterocycles. The van der Waals surface area contributed by atoms with Gasteiger partial charge in [-0.15, -0.1) is 11.8 Å². The molecule has 2 heterocycles. The Labute approximate surface area is 92.3 Å². The number of nitrogens with two attached hydrogens (primary N) is 1. The first-order chi connectivity index (χ1) is 6.90. The third-order valence-electron chi connectivity index (χ3n) is 2.91. The number of carbonyl (C=O) groups is 2. The van der Waals surface area contributed by atoms with Crippen LogP contribution in [0.3, 0.4) is 0 Å². The monoisotopic (exact) mass is 230 g/mol. The van der Waals surface area contributed by atoms with Crippen molar-refractivity contribution in [3.63, 3.8) is 0 Å². The first kappa shape index (κ1) is 10.8. The molecule has 0 bridgehead atoms. The molecule has 2 aliphatic heterocycles. The van der Waals surface area contributed by atoms with Gasteiger partial charge in [0.05, 0.1) is 7.11 Å². The van der Waals surface area contributed by atoms with E-state index in [2.05, 4.69) is 0 Å². The topological polar surface area (TPSA) is 72.6 Å². The maximum absolute atomic E-state index is 11.6. The van der Waals surface area contributed by atoms with Crippen LogP contribution in [0.2, 0.25) is 0 Å². The molecule has 0 spiro atoms. The molecule has 1 amide bonds. The molecule has 3 atom stereocenters. The highest BCUT2D eigenvalue weighted by Crippen LogP contribution is 2.50. The molecule has 0 radical (unpaired) electrons. The lowest BCUT2D eigenvalue weighted by molar-refractivity contribution is -0.160. The Kier molecular flexibility index (Phi) is 2.24. The van der Waals surface area contributed by atoms with Crippen LogP contribution in [-0.2, 0) is 14.3 Å². The molecule has 5 nitrogen and oxygen atoms in total. The number of hydrogen-bond donors (Lipinski definition) is 1. The van der Waals surface area contributed by atoms with Crippen molar-refractivity contribution >= 4 is 23.6 Å². The normalized spacial score (nSPS) is 37.2. The summed E-state index contributed by atoms with van der Waals surface area (Å²) in [5.74, 6) is -0.524. The summed E-state index contributed by atoms with van der Waals surface area (Å²) < 4.78 is 4.39. The smallest absolute Gasteiger partial charge is 0.330 e. The minimum absolute atomic E-state index is 0.0726. The standard InChI is InChI=1S/C9H14N2O3S/c1-9(2)5(8(13)14-3)11-6(12)4(10)7(11)15-9/h4-5,7H,10H2,1-3H3/t4?,5-,7+/m0/s1. The van der Waals surface area contributed by atoms with E-state index in [1.54, 1.807) is 16.7 Å². The maximum atomic E-state index is 11.6. The lowest BCUT2D eigenvalue weighted by Gasteiger charge is -2.41. The number of β-lactam (4-membered cyclic amide) rings is 1. The Morgan fingerprint density at radius 1 is 1.60 bits per heavy atom. The number of fused-ring (bicyclic) bond motifs is 1. The summed E-state index contributed by atoms with van der Waals surface area (Å²) in [5.41, 5.74) is 5.67. The first-order valence-corrected chi connectivity index (χ1v) is 5.61. The second kappa shape index (κ2) is 3.12. The van der Waals surface area contributed by atoms with Crippen LogP contribution in [0.25, 0.3) is 0 Å². The SMILES string of the molecule is COC(=O)[C@@H]1N2C(=O)C(N)[C@H]2SC1(C)C. The summed E-state index contributed by atoms with van der Waals surface area (Å²) in [6, 6.07) is -0.978. The second-order valence-electron chi connectivity index (χ2n) is 4.31. The van der Waals surface area contributed by atoms with E-state index >= 15 is 0 Å². The summed E-state index contributed by atoms with van der Waals surface area (Å²) >= 11 is 1.56. The van der Waals surface area contributed by atoms with Gasteiger partial charge in [0.25, 0.3) is 0 Å². The van der Waals surface area contributed by atoms with Gasteiger partial charge in [0.2, 0.25) is 5.91 Å².